The Hall–Kier alpha value is -3.15. The first-order valence-electron chi connectivity index (χ1n) is 8.66. The molecule has 0 unspecified atom stereocenters. The van der Waals surface area contributed by atoms with Gasteiger partial charge in [0.1, 0.15) is 6.54 Å². The predicted octanol–water partition coefficient (Wildman–Crippen LogP) is 2.35. The molecular weight excluding hydrogens is 330 g/mol. The van der Waals surface area contributed by atoms with Gasteiger partial charge in [0.25, 0.3) is 5.56 Å². The van der Waals surface area contributed by atoms with Crippen molar-refractivity contribution < 1.29 is 4.79 Å². The number of amides is 1. The minimum Gasteiger partial charge on any atom is -0.348 e. The molecule has 0 spiro atoms. The number of fused-ring (bicyclic) bond motifs is 1. The lowest BCUT2D eigenvalue weighted by molar-refractivity contribution is -0.122. The third-order valence-corrected chi connectivity index (χ3v) is 4.32. The lowest BCUT2D eigenvalue weighted by atomic mass is 10.0. The van der Waals surface area contributed by atoms with Crippen molar-refractivity contribution >= 4 is 16.8 Å². The van der Waals surface area contributed by atoms with Crippen LogP contribution in [-0.4, -0.2) is 15.5 Å². The second-order valence-corrected chi connectivity index (χ2v) is 6.18. The zero-order valence-corrected chi connectivity index (χ0v) is 14.6. The van der Waals surface area contributed by atoms with Gasteiger partial charge in [-0.25, -0.2) is 4.79 Å². The normalized spacial score (nSPS) is 12.0. The van der Waals surface area contributed by atoms with Crippen LogP contribution in [0.4, 0.5) is 0 Å². The molecule has 6 heteroatoms. The molecule has 0 aliphatic carbocycles. The molecule has 1 atom stereocenters. The number of carbonyl (C=O) groups excluding carboxylic acids is 1. The average molecular weight is 351 g/mol. The quantitative estimate of drug-likeness (QED) is 0.715. The highest BCUT2D eigenvalue weighted by Crippen LogP contribution is 2.18. The molecule has 0 saturated carbocycles. The van der Waals surface area contributed by atoms with Gasteiger partial charge in [-0.1, -0.05) is 55.8 Å². The average Bonchev–Trinajstić information content (AvgIpc) is 2.65. The summed E-state index contributed by atoms with van der Waals surface area (Å²) >= 11 is 0. The molecule has 0 fully saturated rings. The van der Waals surface area contributed by atoms with Gasteiger partial charge in [-0.3, -0.25) is 19.1 Å². The summed E-state index contributed by atoms with van der Waals surface area (Å²) in [5.41, 5.74) is 0.440. The number of hydrogen-bond donors (Lipinski definition) is 2. The third-order valence-electron chi connectivity index (χ3n) is 4.32. The first-order chi connectivity index (χ1) is 12.6. The molecule has 1 aromatic heterocycles. The van der Waals surface area contributed by atoms with Crippen molar-refractivity contribution in [2.75, 3.05) is 0 Å². The van der Waals surface area contributed by atoms with E-state index in [1.165, 1.54) is 4.57 Å². The number of benzene rings is 2. The molecule has 2 N–H and O–H groups in total. The summed E-state index contributed by atoms with van der Waals surface area (Å²) in [4.78, 5) is 39.0. The molecule has 0 aliphatic rings. The van der Waals surface area contributed by atoms with E-state index in [0.717, 1.165) is 18.4 Å². The maximum atomic E-state index is 12.6. The van der Waals surface area contributed by atoms with Crippen molar-refractivity contribution in [1.29, 1.82) is 0 Å². The fourth-order valence-corrected chi connectivity index (χ4v) is 3.08. The zero-order valence-electron chi connectivity index (χ0n) is 14.6. The Balaban J connectivity index is 1.87. The van der Waals surface area contributed by atoms with Crippen LogP contribution in [0.15, 0.2) is 64.2 Å². The minimum absolute atomic E-state index is 0.113. The van der Waals surface area contributed by atoms with Gasteiger partial charge in [0, 0.05) is 0 Å². The molecule has 1 heterocycles. The summed E-state index contributed by atoms with van der Waals surface area (Å²) in [6, 6.07) is 16.4. The van der Waals surface area contributed by atoms with Gasteiger partial charge in [-0.05, 0) is 24.1 Å². The molecule has 0 saturated heterocycles. The number of aromatic nitrogens is 2. The smallest absolute Gasteiger partial charge is 0.329 e. The standard InChI is InChI=1S/C20H21N3O3/c1-2-8-16(14-9-4-3-5-10-14)21-18(24)13-23-17-12-7-6-11-15(17)19(25)22-20(23)26/h3-7,9-12,16H,2,8,13H2,1H3,(H,21,24)(H,22,25,26)/t16-/m1/s1. The molecular formula is C20H21N3O3. The number of nitrogens with one attached hydrogen (secondary N) is 2. The molecule has 3 aromatic rings. The highest BCUT2D eigenvalue weighted by atomic mass is 16.2. The van der Waals surface area contributed by atoms with Crippen LogP contribution in [0.2, 0.25) is 0 Å². The Morgan fingerprint density at radius 3 is 2.50 bits per heavy atom. The first kappa shape index (κ1) is 17.7. The first-order valence-corrected chi connectivity index (χ1v) is 8.66. The van der Waals surface area contributed by atoms with Crippen molar-refractivity contribution in [2.45, 2.75) is 32.4 Å². The molecule has 0 aliphatic heterocycles. The Kier molecular flexibility index (Phi) is 5.31. The molecule has 0 bridgehead atoms. The van der Waals surface area contributed by atoms with Gasteiger partial charge in [-0.15, -0.1) is 0 Å². The predicted molar refractivity (Wildman–Crippen MR) is 101 cm³/mol. The number of carbonyl (C=O) groups is 1. The van der Waals surface area contributed by atoms with Crippen molar-refractivity contribution in [3.8, 4) is 0 Å². The lowest BCUT2D eigenvalue weighted by Crippen LogP contribution is -2.37. The lowest BCUT2D eigenvalue weighted by Gasteiger charge is -2.19. The van der Waals surface area contributed by atoms with E-state index in [2.05, 4.69) is 17.2 Å². The number of rotatable bonds is 6. The van der Waals surface area contributed by atoms with E-state index in [-0.39, 0.29) is 18.5 Å². The second kappa shape index (κ2) is 7.82. The Labute approximate surface area is 150 Å². The van der Waals surface area contributed by atoms with Crippen LogP contribution in [0.5, 0.6) is 0 Å². The third kappa shape index (κ3) is 3.74. The molecule has 0 radical (unpaired) electrons. The van der Waals surface area contributed by atoms with Crippen molar-refractivity contribution in [2.24, 2.45) is 0 Å². The van der Waals surface area contributed by atoms with Gasteiger partial charge < -0.3 is 5.32 Å². The summed E-state index contributed by atoms with van der Waals surface area (Å²) in [7, 11) is 0. The Morgan fingerprint density at radius 2 is 1.77 bits per heavy atom. The van der Waals surface area contributed by atoms with Crippen molar-refractivity contribution in [3.05, 3.63) is 81.0 Å². The number of H-pyrrole nitrogens is 1. The highest BCUT2D eigenvalue weighted by Gasteiger charge is 2.16. The summed E-state index contributed by atoms with van der Waals surface area (Å²) < 4.78 is 1.29. The monoisotopic (exact) mass is 351 g/mol. The van der Waals surface area contributed by atoms with Crippen LogP contribution >= 0.6 is 0 Å². The van der Waals surface area contributed by atoms with E-state index >= 15 is 0 Å². The van der Waals surface area contributed by atoms with E-state index < -0.39 is 11.2 Å². The highest BCUT2D eigenvalue weighted by molar-refractivity contribution is 5.81. The van der Waals surface area contributed by atoms with E-state index in [1.807, 2.05) is 30.3 Å². The molecule has 3 rings (SSSR count). The molecule has 2 aromatic carbocycles. The van der Waals surface area contributed by atoms with Gasteiger partial charge in [0.05, 0.1) is 16.9 Å². The Bertz CT molecular complexity index is 1020. The SMILES string of the molecule is CCC[C@@H](NC(=O)Cn1c(=O)[nH]c(=O)c2ccccc21)c1ccccc1. The summed E-state index contributed by atoms with van der Waals surface area (Å²) in [5.74, 6) is -0.272. The van der Waals surface area contributed by atoms with Crippen LogP contribution in [-0.2, 0) is 11.3 Å². The van der Waals surface area contributed by atoms with Gasteiger partial charge >= 0.3 is 5.69 Å². The second-order valence-electron chi connectivity index (χ2n) is 6.18. The van der Waals surface area contributed by atoms with E-state index in [4.69, 9.17) is 0 Å². The summed E-state index contributed by atoms with van der Waals surface area (Å²) in [5, 5.41) is 3.38. The molecule has 134 valence electrons. The van der Waals surface area contributed by atoms with E-state index in [9.17, 15) is 14.4 Å². The summed E-state index contributed by atoms with van der Waals surface area (Å²) in [6.07, 6.45) is 1.72. The van der Waals surface area contributed by atoms with E-state index in [1.54, 1.807) is 24.3 Å². The van der Waals surface area contributed by atoms with Gasteiger partial charge in [0.15, 0.2) is 0 Å². The van der Waals surface area contributed by atoms with Gasteiger partial charge in [-0.2, -0.15) is 0 Å². The molecule has 6 nitrogen and oxygen atoms in total. The van der Waals surface area contributed by atoms with Gasteiger partial charge in [0.2, 0.25) is 5.91 Å². The fourth-order valence-electron chi connectivity index (χ4n) is 3.08. The van der Waals surface area contributed by atoms with Crippen LogP contribution in [0.25, 0.3) is 10.9 Å². The van der Waals surface area contributed by atoms with E-state index in [0.29, 0.717) is 10.9 Å². The molecule has 1 amide bonds. The fraction of sp³-hybridized carbons (Fsp3) is 0.250. The Morgan fingerprint density at radius 1 is 1.08 bits per heavy atom. The zero-order chi connectivity index (χ0) is 18.5. The maximum Gasteiger partial charge on any atom is 0.329 e. The van der Waals surface area contributed by atoms with Crippen LogP contribution in [0.3, 0.4) is 0 Å². The number of aromatic amines is 1. The molecule has 26 heavy (non-hydrogen) atoms. The number of nitrogens with zero attached hydrogens (tertiary/aromatic N) is 1. The van der Waals surface area contributed by atoms with Crippen molar-refractivity contribution in [1.82, 2.24) is 14.9 Å². The van der Waals surface area contributed by atoms with Crippen LogP contribution in [0.1, 0.15) is 31.4 Å². The summed E-state index contributed by atoms with van der Waals surface area (Å²) in [6.45, 7) is 1.91. The maximum absolute atomic E-state index is 12.6. The van der Waals surface area contributed by atoms with Crippen molar-refractivity contribution in [3.63, 3.8) is 0 Å². The topological polar surface area (TPSA) is 84.0 Å². The number of hydrogen-bond acceptors (Lipinski definition) is 3. The minimum atomic E-state index is -0.587. The van der Waals surface area contributed by atoms with Crippen LogP contribution in [0, 0.1) is 0 Å². The largest absolute Gasteiger partial charge is 0.348 e. The van der Waals surface area contributed by atoms with Crippen LogP contribution < -0.4 is 16.6 Å². The number of para-hydroxylation sites is 1.